The van der Waals surface area contributed by atoms with Crippen molar-refractivity contribution in [1.29, 1.82) is 5.41 Å². The number of hydrogen-bond donors (Lipinski definition) is 5. The van der Waals surface area contributed by atoms with E-state index in [0.29, 0.717) is 101 Å². The first-order valence-corrected chi connectivity index (χ1v) is 29.2. The molecule has 4 aromatic heterocycles. The third-order valence-corrected chi connectivity index (χ3v) is 17.1. The van der Waals surface area contributed by atoms with Gasteiger partial charge in [-0.3, -0.25) is 15.0 Å². The van der Waals surface area contributed by atoms with E-state index in [1.165, 1.54) is 29.9 Å². The smallest absolute Gasteiger partial charge is 0.408 e. The molecule has 0 aliphatic carbocycles. The molecule has 0 unspecified atom stereocenters. The fourth-order valence-electron chi connectivity index (χ4n) is 9.32. The maximum absolute atomic E-state index is 13.0. The molecule has 4 aliphatic rings. The molecule has 24 nitrogen and oxygen atoms in total. The highest BCUT2D eigenvalue weighted by molar-refractivity contribution is 9.10. The lowest BCUT2D eigenvalue weighted by molar-refractivity contribution is -0.135. The molecule has 28 heteroatoms. The van der Waals surface area contributed by atoms with Gasteiger partial charge in [-0.05, 0) is 149 Å². The number of carbonyl (C=O) groups is 4. The van der Waals surface area contributed by atoms with Crippen molar-refractivity contribution in [1.82, 2.24) is 59.5 Å². The first-order valence-electron chi connectivity index (χ1n) is 26.0. The summed E-state index contributed by atoms with van der Waals surface area (Å²) in [5, 5.41) is 14.9. The van der Waals surface area contributed by atoms with Crippen molar-refractivity contribution in [3.05, 3.63) is 51.4 Å². The number of aromatic nitrogens is 8. The maximum atomic E-state index is 13.0. The minimum Gasteiger partial charge on any atom is -0.454 e. The van der Waals surface area contributed by atoms with Crippen molar-refractivity contribution in [3.63, 3.8) is 0 Å². The number of amides is 4. The quantitative estimate of drug-likeness (QED) is 0.0770. The van der Waals surface area contributed by atoms with Crippen LogP contribution in [0.15, 0.2) is 66.0 Å². The van der Waals surface area contributed by atoms with Gasteiger partial charge in [-0.1, -0.05) is 23.5 Å². The standard InChI is InChI=1S/2C26H32BrN7O5S/c1-14(30-25(36)39-26(2,3)4)23(35)33-7-5-15(6-8-33)11-34-12-29-21(28)20-22(34)32-24(31-20)40-19-10-18-17(9-16(19)27)37-13-38-18;1-14(31-25(36)39-26(2,3)4)23(35)33-7-5-15(6-8-33)11-34-22-20(21(28)29-12-30-22)32-24(34)40-19-10-18-17(9-16(19)27)37-13-38-18/h9-10,12,14-15,28H,5-8,11,13H2,1-4H3,(H,30,36)(H,31,32);9-10,12,14-15H,5-8,11,13H2,1-4H3,(H,31,36)(H2,28,29,30)/t2*14-/m11/s1. The lowest BCUT2D eigenvalue weighted by Gasteiger charge is -2.34. The van der Waals surface area contributed by atoms with Crippen molar-refractivity contribution < 1.29 is 47.6 Å². The van der Waals surface area contributed by atoms with E-state index in [0.717, 1.165) is 49.6 Å². The van der Waals surface area contributed by atoms with E-state index in [-0.39, 0.29) is 36.8 Å². The van der Waals surface area contributed by atoms with Crippen LogP contribution in [0.5, 0.6) is 23.0 Å². The molecular formula is C52H64Br2N14O10S2. The van der Waals surface area contributed by atoms with E-state index >= 15 is 0 Å². The molecule has 6 aromatic rings. The van der Waals surface area contributed by atoms with Gasteiger partial charge in [0.25, 0.3) is 0 Å². The molecule has 80 heavy (non-hydrogen) atoms. The van der Waals surface area contributed by atoms with Gasteiger partial charge in [0, 0.05) is 58.0 Å². The number of rotatable bonds is 12. The number of piperidine rings is 2. The van der Waals surface area contributed by atoms with Crippen LogP contribution in [0.1, 0.15) is 81.1 Å². The molecule has 0 radical (unpaired) electrons. The van der Waals surface area contributed by atoms with Gasteiger partial charge in [0.1, 0.15) is 35.1 Å². The third kappa shape index (κ3) is 14.1. The average Bonchev–Trinajstić information content (AvgIpc) is 4.23. The van der Waals surface area contributed by atoms with E-state index in [9.17, 15) is 19.2 Å². The average molecular weight is 1270 g/mol. The fourth-order valence-corrected chi connectivity index (χ4v) is 12.2. The van der Waals surface area contributed by atoms with Crippen molar-refractivity contribution in [2.75, 3.05) is 45.5 Å². The van der Waals surface area contributed by atoms with E-state index < -0.39 is 35.5 Å². The van der Waals surface area contributed by atoms with Crippen molar-refractivity contribution >= 4 is 108 Å². The van der Waals surface area contributed by atoms with Gasteiger partial charge in [0.15, 0.2) is 61.4 Å². The fraction of sp³-hybridized carbons (Fsp3) is 0.500. The number of likely N-dealkylation sites (tertiary alicyclic amines) is 2. The second-order valence-corrected chi connectivity index (χ2v) is 25.4. The molecule has 8 heterocycles. The normalized spacial score (nSPS) is 16.3. The van der Waals surface area contributed by atoms with Gasteiger partial charge in [0.05, 0.1) is 6.33 Å². The summed E-state index contributed by atoms with van der Waals surface area (Å²) in [5.74, 6) is 3.41. The molecule has 2 saturated heterocycles. The van der Waals surface area contributed by atoms with Crippen molar-refractivity contribution in [3.8, 4) is 23.0 Å². The van der Waals surface area contributed by atoms with Crippen molar-refractivity contribution in [2.24, 2.45) is 11.8 Å². The molecule has 10 rings (SSSR count). The molecule has 428 valence electrons. The number of aromatic amines is 1. The third-order valence-electron chi connectivity index (χ3n) is 13.2. The topological polar surface area (TPSA) is 294 Å². The van der Waals surface area contributed by atoms with E-state index in [1.54, 1.807) is 71.5 Å². The predicted octanol–water partition coefficient (Wildman–Crippen LogP) is 8.24. The lowest BCUT2D eigenvalue weighted by Crippen LogP contribution is -2.50. The monoisotopic (exact) mass is 1270 g/mol. The zero-order chi connectivity index (χ0) is 57.2. The van der Waals surface area contributed by atoms with Crippen LogP contribution in [-0.4, -0.2) is 136 Å². The number of fused-ring (bicyclic) bond motifs is 4. The molecule has 2 aromatic carbocycles. The summed E-state index contributed by atoms with van der Waals surface area (Å²) >= 11 is 10.1. The SMILES string of the molecule is C[C@@H](NC(=O)OC(C)(C)C)C(=O)N1CCC(Cn2c(Sc3cc4c(cc3Br)OCO4)nc3c(N)ncnc32)CC1.C[C@@H](NC(=O)OC(C)(C)C)C(=O)N1CCC(Cn2cnc(=N)c3[nH]c(Sc4cc5c(cc4Br)OCO5)nc32)CC1. The highest BCUT2D eigenvalue weighted by Crippen LogP contribution is 2.45. The summed E-state index contributed by atoms with van der Waals surface area (Å²) in [6.45, 7) is 18.1. The molecule has 6 N–H and O–H groups in total. The van der Waals surface area contributed by atoms with Gasteiger partial charge < -0.3 is 68.7 Å². The molecule has 0 saturated carbocycles. The van der Waals surface area contributed by atoms with Crippen LogP contribution in [0, 0.1) is 17.2 Å². The number of alkyl carbamates (subject to hydrolysis) is 2. The molecular weight excluding hydrogens is 1200 g/mol. The molecule has 0 bridgehead atoms. The number of nitrogens with two attached hydrogens (primary N) is 1. The number of imidazole rings is 2. The first-order chi connectivity index (χ1) is 37.9. The Labute approximate surface area is 486 Å². The highest BCUT2D eigenvalue weighted by atomic mass is 79.9. The summed E-state index contributed by atoms with van der Waals surface area (Å²) in [5.41, 5.74) is 7.47. The Morgan fingerprint density at radius 1 is 0.725 bits per heavy atom. The summed E-state index contributed by atoms with van der Waals surface area (Å²) < 4.78 is 38.3. The Hall–Kier alpha value is -6.52. The predicted molar refractivity (Wildman–Crippen MR) is 303 cm³/mol. The molecule has 2 fully saturated rings. The number of hydrogen-bond acceptors (Lipinski definition) is 19. The zero-order valence-corrected chi connectivity index (χ0v) is 50.3. The summed E-state index contributed by atoms with van der Waals surface area (Å²) in [7, 11) is 0. The van der Waals surface area contributed by atoms with E-state index in [4.69, 9.17) is 49.5 Å². The molecule has 4 aliphatic heterocycles. The second kappa shape index (κ2) is 24.3. The van der Waals surface area contributed by atoms with Gasteiger partial charge >= 0.3 is 12.2 Å². The molecule has 0 spiro atoms. The Kier molecular flexibility index (Phi) is 17.7. The number of ether oxygens (including phenoxy) is 6. The number of halogens is 2. The highest BCUT2D eigenvalue weighted by Gasteiger charge is 2.32. The Bertz CT molecular complexity index is 3370. The van der Waals surface area contributed by atoms with E-state index in [2.05, 4.69) is 67.0 Å². The first kappa shape index (κ1) is 58.1. The van der Waals surface area contributed by atoms with Crippen LogP contribution in [0.4, 0.5) is 15.4 Å². The van der Waals surface area contributed by atoms with Crippen LogP contribution in [0.2, 0.25) is 0 Å². The molecule has 2 atom stereocenters. The van der Waals surface area contributed by atoms with E-state index in [1.807, 2.05) is 28.8 Å². The summed E-state index contributed by atoms with van der Waals surface area (Å²) in [6, 6.07) is 6.24. The number of nitrogens with one attached hydrogen (secondary N) is 4. The lowest BCUT2D eigenvalue weighted by atomic mass is 9.96. The number of H-pyrrole nitrogens is 1. The number of benzene rings is 2. The van der Waals surface area contributed by atoms with Gasteiger partial charge in [-0.15, -0.1) is 0 Å². The number of nitrogens with zero attached hydrogens (tertiary/aromatic N) is 9. The zero-order valence-electron chi connectivity index (χ0n) is 45.5. The van der Waals surface area contributed by atoms with Crippen molar-refractivity contribution in [2.45, 2.75) is 138 Å². The van der Waals surface area contributed by atoms with Gasteiger partial charge in [0.2, 0.25) is 25.4 Å². The maximum Gasteiger partial charge on any atom is 0.408 e. The van der Waals surface area contributed by atoms with Crippen LogP contribution < -0.4 is 40.8 Å². The Balaban J connectivity index is 0.000000194. The number of nitrogen functional groups attached to an aromatic ring is 1. The largest absolute Gasteiger partial charge is 0.454 e. The van der Waals surface area contributed by atoms with Crippen LogP contribution in [0.3, 0.4) is 0 Å². The van der Waals surface area contributed by atoms with Crippen LogP contribution in [-0.2, 0) is 32.2 Å². The Morgan fingerprint density at radius 3 is 1.73 bits per heavy atom. The number of carbonyl (C=O) groups excluding carboxylic acids is 4. The Morgan fingerprint density at radius 2 is 1.21 bits per heavy atom. The van der Waals surface area contributed by atoms with Gasteiger partial charge in [-0.25, -0.2) is 34.5 Å². The second-order valence-electron chi connectivity index (χ2n) is 21.7. The van der Waals surface area contributed by atoms with Crippen LogP contribution in [0.25, 0.3) is 22.3 Å². The minimum absolute atomic E-state index is 0.122. The van der Waals surface area contributed by atoms with Gasteiger partial charge in [-0.2, -0.15) is 0 Å². The summed E-state index contributed by atoms with van der Waals surface area (Å²) in [6.07, 6.45) is 5.09. The molecule has 4 amide bonds. The number of anilines is 1. The minimum atomic E-state index is -0.674. The summed E-state index contributed by atoms with van der Waals surface area (Å²) in [4.78, 5) is 81.2. The van der Waals surface area contributed by atoms with Crippen LogP contribution >= 0.6 is 55.4 Å².